The first-order valence-corrected chi connectivity index (χ1v) is 11.8. The number of rotatable bonds is 7. The van der Waals surface area contributed by atoms with Gasteiger partial charge in [0.15, 0.2) is 0 Å². The first kappa shape index (κ1) is 22.0. The predicted octanol–water partition coefficient (Wildman–Crippen LogP) is 3.63. The molecule has 0 spiro atoms. The van der Waals surface area contributed by atoms with Gasteiger partial charge in [-0.25, -0.2) is 12.8 Å². The van der Waals surface area contributed by atoms with Crippen LogP contribution in [0.5, 0.6) is 0 Å². The van der Waals surface area contributed by atoms with Gasteiger partial charge in [0.1, 0.15) is 5.82 Å². The number of sulfonamides is 1. The van der Waals surface area contributed by atoms with E-state index in [1.54, 1.807) is 12.1 Å². The number of nitrogens with one attached hydrogen (secondary N) is 2. The van der Waals surface area contributed by atoms with E-state index in [0.717, 1.165) is 38.2 Å². The van der Waals surface area contributed by atoms with Gasteiger partial charge in [-0.2, -0.15) is 0 Å². The van der Waals surface area contributed by atoms with E-state index in [4.69, 9.17) is 0 Å². The first-order valence-electron chi connectivity index (χ1n) is 10.3. The number of nitrogens with zero attached hydrogens (tertiary/aromatic N) is 1. The van der Waals surface area contributed by atoms with Gasteiger partial charge in [0.25, 0.3) is 15.9 Å². The monoisotopic (exact) mass is 453 g/mol. The van der Waals surface area contributed by atoms with E-state index < -0.39 is 15.8 Å². The third-order valence-corrected chi connectivity index (χ3v) is 6.78. The lowest BCUT2D eigenvalue weighted by Crippen LogP contribution is -2.36. The average Bonchev–Trinajstić information content (AvgIpc) is 3.21. The zero-order chi connectivity index (χ0) is 22.6. The van der Waals surface area contributed by atoms with Gasteiger partial charge in [-0.15, -0.1) is 0 Å². The van der Waals surface area contributed by atoms with Crippen LogP contribution in [0.15, 0.2) is 83.8 Å². The molecule has 3 aromatic carbocycles. The van der Waals surface area contributed by atoms with Crippen LogP contribution in [0.1, 0.15) is 22.3 Å². The lowest BCUT2D eigenvalue weighted by molar-refractivity contribution is 0.0937. The van der Waals surface area contributed by atoms with Crippen LogP contribution in [-0.2, 0) is 16.6 Å². The van der Waals surface area contributed by atoms with E-state index in [0.29, 0.717) is 11.3 Å². The molecular formula is C24H24FN3O3S. The maximum absolute atomic E-state index is 13.0. The van der Waals surface area contributed by atoms with Crippen molar-refractivity contribution in [3.8, 4) is 0 Å². The maximum Gasteiger partial charge on any atom is 0.261 e. The highest BCUT2D eigenvalue weighted by Crippen LogP contribution is 2.18. The van der Waals surface area contributed by atoms with Crippen LogP contribution in [0.2, 0.25) is 0 Å². The zero-order valence-electron chi connectivity index (χ0n) is 17.4. The molecule has 0 aromatic heterocycles. The molecule has 1 aliphatic heterocycles. The van der Waals surface area contributed by atoms with Crippen molar-refractivity contribution in [3.63, 3.8) is 0 Å². The maximum atomic E-state index is 13.0. The SMILES string of the molecule is O=C(N[C@H]1CCN(Cc2ccccc2)C1)c1ccc(NS(=O)(=O)c2ccc(F)cc2)cc1. The molecule has 0 aliphatic carbocycles. The molecule has 32 heavy (non-hydrogen) atoms. The van der Waals surface area contributed by atoms with E-state index in [1.165, 1.54) is 29.8 Å². The minimum atomic E-state index is -3.84. The Balaban J connectivity index is 1.32. The van der Waals surface area contributed by atoms with Crippen molar-refractivity contribution in [3.05, 3.63) is 95.8 Å². The molecule has 1 aliphatic rings. The largest absolute Gasteiger partial charge is 0.348 e. The van der Waals surface area contributed by atoms with Gasteiger partial charge in [0.2, 0.25) is 0 Å². The fourth-order valence-electron chi connectivity index (χ4n) is 3.72. The molecule has 1 heterocycles. The normalized spacial score (nSPS) is 16.6. The minimum Gasteiger partial charge on any atom is -0.348 e. The van der Waals surface area contributed by atoms with Crippen LogP contribution in [0, 0.1) is 5.82 Å². The van der Waals surface area contributed by atoms with E-state index in [9.17, 15) is 17.6 Å². The molecule has 4 rings (SSSR count). The Bertz CT molecular complexity index is 1170. The van der Waals surface area contributed by atoms with Crippen molar-refractivity contribution in [1.82, 2.24) is 10.2 Å². The Kier molecular flexibility index (Phi) is 6.53. The van der Waals surface area contributed by atoms with Gasteiger partial charge in [-0.05, 0) is 60.5 Å². The van der Waals surface area contributed by atoms with Crippen LogP contribution in [0.3, 0.4) is 0 Å². The minimum absolute atomic E-state index is 0.0398. The summed E-state index contributed by atoms with van der Waals surface area (Å²) < 4.78 is 40.3. The summed E-state index contributed by atoms with van der Waals surface area (Å²) in [6.45, 7) is 2.57. The average molecular weight is 454 g/mol. The van der Waals surface area contributed by atoms with Crippen LogP contribution in [0.4, 0.5) is 10.1 Å². The van der Waals surface area contributed by atoms with Crippen LogP contribution in [0.25, 0.3) is 0 Å². The second-order valence-corrected chi connectivity index (χ2v) is 9.50. The number of anilines is 1. The Morgan fingerprint density at radius 3 is 2.34 bits per heavy atom. The number of carbonyl (C=O) groups excluding carboxylic acids is 1. The van der Waals surface area contributed by atoms with E-state index in [-0.39, 0.29) is 16.8 Å². The molecule has 1 amide bonds. The summed E-state index contributed by atoms with van der Waals surface area (Å²) in [6, 6.07) is 21.1. The Morgan fingerprint density at radius 1 is 0.969 bits per heavy atom. The van der Waals surface area contributed by atoms with E-state index in [1.807, 2.05) is 18.2 Å². The highest BCUT2D eigenvalue weighted by molar-refractivity contribution is 7.92. The number of amides is 1. The van der Waals surface area contributed by atoms with Gasteiger partial charge < -0.3 is 5.32 Å². The summed E-state index contributed by atoms with van der Waals surface area (Å²) in [7, 11) is -3.84. The molecule has 0 radical (unpaired) electrons. The third kappa shape index (κ3) is 5.52. The summed E-state index contributed by atoms with van der Waals surface area (Å²) in [6.07, 6.45) is 0.883. The molecule has 0 bridgehead atoms. The summed E-state index contributed by atoms with van der Waals surface area (Å²) in [5.74, 6) is -0.700. The molecule has 8 heteroatoms. The van der Waals surface area contributed by atoms with Crippen molar-refractivity contribution >= 4 is 21.6 Å². The van der Waals surface area contributed by atoms with Gasteiger partial charge in [-0.1, -0.05) is 30.3 Å². The van der Waals surface area contributed by atoms with Crippen molar-refractivity contribution in [2.45, 2.75) is 23.9 Å². The molecular weight excluding hydrogens is 429 g/mol. The molecule has 6 nitrogen and oxygen atoms in total. The van der Waals surface area contributed by atoms with Crippen LogP contribution >= 0.6 is 0 Å². The number of carbonyl (C=O) groups is 1. The number of halogens is 1. The highest BCUT2D eigenvalue weighted by Gasteiger charge is 2.24. The van der Waals surface area contributed by atoms with E-state index in [2.05, 4.69) is 27.1 Å². The second-order valence-electron chi connectivity index (χ2n) is 7.82. The predicted molar refractivity (Wildman–Crippen MR) is 121 cm³/mol. The van der Waals surface area contributed by atoms with Gasteiger partial charge in [0.05, 0.1) is 4.90 Å². The number of likely N-dealkylation sites (tertiary alicyclic amines) is 1. The third-order valence-electron chi connectivity index (χ3n) is 5.38. The Labute approximate surface area is 187 Å². The summed E-state index contributed by atoms with van der Waals surface area (Å²) in [4.78, 5) is 14.9. The molecule has 2 N–H and O–H groups in total. The Morgan fingerprint density at radius 2 is 1.66 bits per heavy atom. The molecule has 0 saturated carbocycles. The first-order chi connectivity index (χ1) is 15.4. The topological polar surface area (TPSA) is 78.5 Å². The van der Waals surface area contributed by atoms with Crippen LogP contribution < -0.4 is 10.0 Å². The van der Waals surface area contributed by atoms with Gasteiger partial charge in [0, 0.05) is 36.9 Å². The Hall–Kier alpha value is -3.23. The fourth-order valence-corrected chi connectivity index (χ4v) is 4.78. The number of benzene rings is 3. The standard InChI is InChI=1S/C24H24FN3O3S/c25-20-8-12-23(13-9-20)32(30,31)27-21-10-6-19(7-11-21)24(29)26-22-14-15-28(17-22)16-18-4-2-1-3-5-18/h1-13,22,27H,14-17H2,(H,26,29)/t22-/m0/s1. The number of hydrogen-bond donors (Lipinski definition) is 2. The molecule has 166 valence electrons. The summed E-state index contributed by atoms with van der Waals surface area (Å²) in [5.41, 5.74) is 2.02. The molecule has 1 fully saturated rings. The van der Waals surface area contributed by atoms with Crippen molar-refractivity contribution in [1.29, 1.82) is 0 Å². The lowest BCUT2D eigenvalue weighted by Gasteiger charge is -2.17. The van der Waals surface area contributed by atoms with Gasteiger partial charge in [-0.3, -0.25) is 14.4 Å². The van der Waals surface area contributed by atoms with Gasteiger partial charge >= 0.3 is 0 Å². The summed E-state index contributed by atoms with van der Waals surface area (Å²) >= 11 is 0. The molecule has 3 aromatic rings. The number of hydrogen-bond acceptors (Lipinski definition) is 4. The quantitative estimate of drug-likeness (QED) is 0.573. The summed E-state index contributed by atoms with van der Waals surface area (Å²) in [5, 5.41) is 3.05. The van der Waals surface area contributed by atoms with E-state index >= 15 is 0 Å². The fraction of sp³-hybridized carbons (Fsp3) is 0.208. The van der Waals surface area contributed by atoms with Crippen molar-refractivity contribution in [2.24, 2.45) is 0 Å². The molecule has 1 atom stereocenters. The smallest absolute Gasteiger partial charge is 0.261 e. The highest BCUT2D eigenvalue weighted by atomic mass is 32.2. The van der Waals surface area contributed by atoms with Crippen molar-refractivity contribution < 1.29 is 17.6 Å². The van der Waals surface area contributed by atoms with Crippen LogP contribution in [-0.4, -0.2) is 38.4 Å². The second kappa shape index (κ2) is 9.50. The van der Waals surface area contributed by atoms with Crippen molar-refractivity contribution in [2.75, 3.05) is 17.8 Å². The zero-order valence-corrected chi connectivity index (χ0v) is 18.2. The lowest BCUT2D eigenvalue weighted by atomic mass is 10.1. The molecule has 1 saturated heterocycles. The molecule has 0 unspecified atom stereocenters.